The summed E-state index contributed by atoms with van der Waals surface area (Å²) in [7, 11) is 0. The predicted octanol–water partition coefficient (Wildman–Crippen LogP) is 2.03. The molecule has 140 valence electrons. The number of thiazole rings is 1. The second kappa shape index (κ2) is 7.84. The topological polar surface area (TPSA) is 98.7 Å². The van der Waals surface area contributed by atoms with Crippen LogP contribution in [0, 0.1) is 0 Å². The minimum atomic E-state index is -0.162. The Kier molecular flexibility index (Phi) is 5.31. The molecule has 2 aromatic rings. The Labute approximate surface area is 157 Å². The molecule has 4 rings (SSSR count). The molecule has 1 saturated carbocycles. The number of aryl methyl sites for hydroxylation is 2. The largest absolute Gasteiger partial charge is 0.350 e. The number of rotatable bonds is 5. The fourth-order valence-corrected chi connectivity index (χ4v) is 4.97. The number of nitrogens with two attached hydrogens (primary N) is 1. The van der Waals surface area contributed by atoms with Crippen molar-refractivity contribution in [2.75, 3.05) is 6.54 Å². The molecule has 26 heavy (non-hydrogen) atoms. The van der Waals surface area contributed by atoms with E-state index in [0.717, 1.165) is 50.0 Å². The Balaban J connectivity index is 1.28. The van der Waals surface area contributed by atoms with Gasteiger partial charge in [-0.25, -0.2) is 9.67 Å². The van der Waals surface area contributed by atoms with Crippen molar-refractivity contribution in [3.05, 3.63) is 27.5 Å². The minimum absolute atomic E-state index is 0.162. The van der Waals surface area contributed by atoms with Crippen LogP contribution < -0.4 is 11.1 Å². The Morgan fingerprint density at radius 3 is 2.88 bits per heavy atom. The summed E-state index contributed by atoms with van der Waals surface area (Å²) in [4.78, 5) is 18.5. The van der Waals surface area contributed by atoms with Gasteiger partial charge in [0.05, 0.1) is 22.9 Å². The molecule has 2 aliphatic rings. The van der Waals surface area contributed by atoms with Gasteiger partial charge in [-0.05, 0) is 51.4 Å². The smallest absolute Gasteiger partial charge is 0.273 e. The molecule has 0 bridgehead atoms. The maximum Gasteiger partial charge on any atom is 0.273 e. The number of amides is 1. The molecule has 0 saturated heterocycles. The first kappa shape index (κ1) is 17.6. The van der Waals surface area contributed by atoms with Gasteiger partial charge in [0, 0.05) is 23.9 Å². The highest BCUT2D eigenvalue weighted by atomic mass is 32.1. The summed E-state index contributed by atoms with van der Waals surface area (Å²) in [5, 5.41) is 12.3. The zero-order valence-corrected chi connectivity index (χ0v) is 15.8. The van der Waals surface area contributed by atoms with Crippen molar-refractivity contribution in [1.29, 1.82) is 0 Å². The van der Waals surface area contributed by atoms with Crippen molar-refractivity contribution in [1.82, 2.24) is 25.3 Å². The standard InChI is InChI=1S/C18H26N6OS/c19-12-5-7-13(8-6-12)24-11-15(22-23-24)18(25)20-10-9-17-21-14-3-1-2-4-16(14)26-17/h11-13H,1-10,19H2,(H,20,25). The number of carbonyl (C=O) groups is 1. The highest BCUT2D eigenvalue weighted by Crippen LogP contribution is 2.27. The lowest BCUT2D eigenvalue weighted by atomic mass is 9.92. The van der Waals surface area contributed by atoms with Crippen molar-refractivity contribution in [3.63, 3.8) is 0 Å². The highest BCUT2D eigenvalue weighted by molar-refractivity contribution is 7.11. The van der Waals surface area contributed by atoms with Crippen LogP contribution >= 0.6 is 11.3 Å². The fourth-order valence-electron chi connectivity index (χ4n) is 3.81. The summed E-state index contributed by atoms with van der Waals surface area (Å²) in [6.45, 7) is 0.580. The molecule has 8 heteroatoms. The SMILES string of the molecule is NC1CCC(n2cc(C(=O)NCCc3nc4c(s3)CCCC4)nn2)CC1. The minimum Gasteiger partial charge on any atom is -0.350 e. The number of aromatic nitrogens is 4. The van der Waals surface area contributed by atoms with Gasteiger partial charge in [0.25, 0.3) is 5.91 Å². The molecular weight excluding hydrogens is 348 g/mol. The molecule has 1 amide bonds. The maximum absolute atomic E-state index is 12.3. The molecule has 1 fully saturated rings. The van der Waals surface area contributed by atoms with Gasteiger partial charge in [0.2, 0.25) is 0 Å². The quantitative estimate of drug-likeness (QED) is 0.834. The second-order valence-corrected chi connectivity index (χ2v) is 8.51. The van der Waals surface area contributed by atoms with E-state index in [-0.39, 0.29) is 5.91 Å². The van der Waals surface area contributed by atoms with Gasteiger partial charge in [-0.1, -0.05) is 5.21 Å². The van der Waals surface area contributed by atoms with E-state index < -0.39 is 0 Å². The molecule has 0 atom stereocenters. The lowest BCUT2D eigenvalue weighted by Crippen LogP contribution is -2.28. The summed E-state index contributed by atoms with van der Waals surface area (Å²) in [5.41, 5.74) is 7.61. The van der Waals surface area contributed by atoms with Crippen LogP contribution in [0.2, 0.25) is 0 Å². The molecule has 7 nitrogen and oxygen atoms in total. The van der Waals surface area contributed by atoms with Crippen LogP contribution in [-0.2, 0) is 19.3 Å². The molecule has 0 radical (unpaired) electrons. The van der Waals surface area contributed by atoms with Crippen molar-refractivity contribution >= 4 is 17.2 Å². The van der Waals surface area contributed by atoms with Gasteiger partial charge in [0.1, 0.15) is 0 Å². The highest BCUT2D eigenvalue weighted by Gasteiger charge is 2.22. The molecule has 2 heterocycles. The summed E-state index contributed by atoms with van der Waals surface area (Å²) in [6, 6.07) is 0.611. The number of carbonyl (C=O) groups excluding carboxylic acids is 1. The van der Waals surface area contributed by atoms with Gasteiger partial charge in [-0.2, -0.15) is 0 Å². The van der Waals surface area contributed by atoms with Crippen LogP contribution in [0.25, 0.3) is 0 Å². The Bertz CT molecular complexity index is 738. The number of nitrogens with one attached hydrogen (secondary N) is 1. The number of fused-ring (bicyclic) bond motifs is 1. The number of hydrogen-bond acceptors (Lipinski definition) is 6. The summed E-state index contributed by atoms with van der Waals surface area (Å²) in [5.74, 6) is -0.162. The number of hydrogen-bond donors (Lipinski definition) is 2. The second-order valence-electron chi connectivity index (χ2n) is 7.34. The van der Waals surface area contributed by atoms with Crippen molar-refractivity contribution in [2.24, 2.45) is 5.73 Å². The first-order valence-corrected chi connectivity index (χ1v) is 10.4. The third kappa shape index (κ3) is 3.96. The first-order chi connectivity index (χ1) is 12.7. The first-order valence-electron chi connectivity index (χ1n) is 9.62. The van der Waals surface area contributed by atoms with E-state index in [0.29, 0.717) is 24.3 Å². The third-order valence-electron chi connectivity index (χ3n) is 5.37. The molecule has 0 aliphatic heterocycles. The van der Waals surface area contributed by atoms with Crippen LogP contribution in [-0.4, -0.2) is 38.5 Å². The van der Waals surface area contributed by atoms with Crippen LogP contribution in [0.1, 0.15) is 70.6 Å². The zero-order valence-electron chi connectivity index (χ0n) is 15.0. The zero-order chi connectivity index (χ0) is 17.9. The van der Waals surface area contributed by atoms with Crippen molar-refractivity contribution in [2.45, 2.75) is 69.9 Å². The van der Waals surface area contributed by atoms with Gasteiger partial charge < -0.3 is 11.1 Å². The van der Waals surface area contributed by atoms with Gasteiger partial charge in [-0.3, -0.25) is 4.79 Å². The van der Waals surface area contributed by atoms with E-state index in [9.17, 15) is 4.79 Å². The van der Waals surface area contributed by atoms with Crippen LogP contribution in [0.3, 0.4) is 0 Å². The summed E-state index contributed by atoms with van der Waals surface area (Å²) >= 11 is 1.80. The van der Waals surface area contributed by atoms with E-state index in [4.69, 9.17) is 10.7 Å². The molecule has 0 spiro atoms. The van der Waals surface area contributed by atoms with Crippen LogP contribution in [0.4, 0.5) is 0 Å². The normalized spacial score (nSPS) is 22.8. The number of nitrogens with zero attached hydrogens (tertiary/aromatic N) is 4. The Morgan fingerprint density at radius 1 is 1.27 bits per heavy atom. The van der Waals surface area contributed by atoms with E-state index in [1.165, 1.54) is 23.4 Å². The molecule has 0 aromatic carbocycles. The van der Waals surface area contributed by atoms with Crippen LogP contribution in [0.15, 0.2) is 6.20 Å². The average molecular weight is 375 g/mol. The van der Waals surface area contributed by atoms with E-state index in [1.54, 1.807) is 17.5 Å². The lowest BCUT2D eigenvalue weighted by molar-refractivity contribution is 0.0949. The van der Waals surface area contributed by atoms with Gasteiger partial charge in [-0.15, -0.1) is 16.4 Å². The summed E-state index contributed by atoms with van der Waals surface area (Å²) in [6.07, 6.45) is 11.3. The molecule has 3 N–H and O–H groups in total. The Hall–Kier alpha value is -1.80. The van der Waals surface area contributed by atoms with Gasteiger partial charge in [0.15, 0.2) is 5.69 Å². The van der Waals surface area contributed by atoms with E-state index in [1.807, 2.05) is 4.68 Å². The van der Waals surface area contributed by atoms with Crippen molar-refractivity contribution in [3.8, 4) is 0 Å². The van der Waals surface area contributed by atoms with E-state index in [2.05, 4.69) is 15.6 Å². The average Bonchev–Trinajstić information content (AvgIpc) is 3.29. The van der Waals surface area contributed by atoms with Gasteiger partial charge >= 0.3 is 0 Å². The molecule has 2 aromatic heterocycles. The molecule has 0 unspecified atom stereocenters. The summed E-state index contributed by atoms with van der Waals surface area (Å²) < 4.78 is 1.83. The van der Waals surface area contributed by atoms with Crippen molar-refractivity contribution < 1.29 is 4.79 Å². The third-order valence-corrected chi connectivity index (χ3v) is 6.59. The van der Waals surface area contributed by atoms with E-state index >= 15 is 0 Å². The maximum atomic E-state index is 12.3. The molecular formula is C18H26N6OS. The monoisotopic (exact) mass is 374 g/mol. The predicted molar refractivity (Wildman–Crippen MR) is 100 cm³/mol. The lowest BCUT2D eigenvalue weighted by Gasteiger charge is -2.25. The Morgan fingerprint density at radius 2 is 2.08 bits per heavy atom. The van der Waals surface area contributed by atoms with Crippen LogP contribution in [0.5, 0.6) is 0 Å². The fraction of sp³-hybridized carbons (Fsp3) is 0.667. The molecule has 2 aliphatic carbocycles.